The van der Waals surface area contributed by atoms with Crippen LogP contribution in [0.15, 0.2) is 33.9 Å². The molecule has 34 heavy (non-hydrogen) atoms. The second-order valence-electron chi connectivity index (χ2n) is 7.15. The number of amides is 1. The molecule has 0 radical (unpaired) electrons. The number of carbonyl (C=O) groups is 3. The second-order valence-corrected chi connectivity index (χ2v) is 7.15. The topological polar surface area (TPSA) is 163 Å². The molecule has 1 heterocycles. The average molecular weight is 476 g/mol. The zero-order chi connectivity index (χ0) is 25.3. The van der Waals surface area contributed by atoms with E-state index in [9.17, 15) is 24.0 Å². The van der Waals surface area contributed by atoms with E-state index >= 15 is 0 Å². The molecule has 1 amide bonds. The standard InChI is InChI=1S/C22H28N4O8/c1-4-5-10-26-18(23)17(19(28)24-22(26)31)25(11-12-32-2)16(27)13-34-21(30)15-9-7-6-8-14(15)20(29)33-3/h6-9H,4-5,10-13,23H2,1-3H3,(H,24,28,31). The molecule has 0 atom stereocenters. The highest BCUT2D eigenvalue weighted by Crippen LogP contribution is 2.18. The van der Waals surface area contributed by atoms with E-state index in [-0.39, 0.29) is 42.3 Å². The Morgan fingerprint density at radius 1 is 1.09 bits per heavy atom. The average Bonchev–Trinajstić information content (AvgIpc) is 2.83. The van der Waals surface area contributed by atoms with E-state index in [1.165, 1.54) is 37.0 Å². The molecule has 12 nitrogen and oxygen atoms in total. The molecule has 0 aliphatic rings. The van der Waals surface area contributed by atoms with Crippen molar-refractivity contribution < 1.29 is 28.6 Å². The van der Waals surface area contributed by atoms with Gasteiger partial charge >= 0.3 is 17.6 Å². The lowest BCUT2D eigenvalue weighted by atomic mass is 10.1. The molecular weight excluding hydrogens is 448 g/mol. The molecule has 0 aliphatic carbocycles. The van der Waals surface area contributed by atoms with Gasteiger partial charge in [-0.05, 0) is 18.6 Å². The number of benzene rings is 1. The lowest BCUT2D eigenvalue weighted by molar-refractivity contribution is -0.121. The number of nitrogens with zero attached hydrogens (tertiary/aromatic N) is 2. The van der Waals surface area contributed by atoms with Gasteiger partial charge in [-0.15, -0.1) is 0 Å². The van der Waals surface area contributed by atoms with Crippen molar-refractivity contribution >= 4 is 29.4 Å². The van der Waals surface area contributed by atoms with Gasteiger partial charge in [0.1, 0.15) is 5.82 Å². The Balaban J connectivity index is 2.33. The van der Waals surface area contributed by atoms with E-state index in [2.05, 4.69) is 9.72 Å². The van der Waals surface area contributed by atoms with Crippen LogP contribution in [-0.2, 0) is 25.5 Å². The SMILES string of the molecule is CCCCn1c(N)c(N(CCOC)C(=O)COC(=O)c2ccccc2C(=O)OC)c(=O)[nH]c1=O. The molecule has 184 valence electrons. The highest BCUT2D eigenvalue weighted by atomic mass is 16.5. The van der Waals surface area contributed by atoms with Gasteiger partial charge in [0, 0.05) is 20.2 Å². The van der Waals surface area contributed by atoms with Crippen LogP contribution >= 0.6 is 0 Å². The summed E-state index contributed by atoms with van der Waals surface area (Å²) >= 11 is 0. The van der Waals surface area contributed by atoms with Crippen LogP contribution in [0.25, 0.3) is 0 Å². The molecular formula is C22H28N4O8. The smallest absolute Gasteiger partial charge is 0.339 e. The highest BCUT2D eigenvalue weighted by Gasteiger charge is 2.26. The Morgan fingerprint density at radius 2 is 1.74 bits per heavy atom. The normalized spacial score (nSPS) is 10.6. The van der Waals surface area contributed by atoms with Gasteiger partial charge in [-0.1, -0.05) is 25.5 Å². The Hall–Kier alpha value is -3.93. The minimum Gasteiger partial charge on any atom is -0.465 e. The van der Waals surface area contributed by atoms with Crippen molar-refractivity contribution in [3.05, 3.63) is 56.2 Å². The fourth-order valence-corrected chi connectivity index (χ4v) is 3.15. The fraction of sp³-hybridized carbons (Fsp3) is 0.409. The van der Waals surface area contributed by atoms with Crippen molar-refractivity contribution in [3.8, 4) is 0 Å². The Morgan fingerprint density at radius 3 is 2.32 bits per heavy atom. The molecule has 1 aromatic heterocycles. The predicted octanol–water partition coefficient (Wildman–Crippen LogP) is 0.542. The number of nitrogens with two attached hydrogens (primary N) is 1. The number of esters is 2. The summed E-state index contributed by atoms with van der Waals surface area (Å²) < 4.78 is 15.9. The quantitative estimate of drug-likeness (QED) is 0.441. The zero-order valence-corrected chi connectivity index (χ0v) is 19.3. The molecule has 2 aromatic rings. The maximum absolute atomic E-state index is 13.0. The van der Waals surface area contributed by atoms with E-state index < -0.39 is 35.7 Å². The summed E-state index contributed by atoms with van der Waals surface area (Å²) in [5, 5.41) is 0. The van der Waals surface area contributed by atoms with Crippen molar-refractivity contribution in [1.29, 1.82) is 0 Å². The molecule has 0 bridgehead atoms. The van der Waals surface area contributed by atoms with Gasteiger partial charge in [0.15, 0.2) is 12.3 Å². The van der Waals surface area contributed by atoms with Crippen molar-refractivity contribution in [2.45, 2.75) is 26.3 Å². The molecule has 0 unspecified atom stereocenters. The van der Waals surface area contributed by atoms with Gasteiger partial charge in [-0.3, -0.25) is 24.0 Å². The molecule has 1 aromatic carbocycles. The molecule has 0 saturated heterocycles. The number of nitrogen functional groups attached to an aromatic ring is 1. The van der Waals surface area contributed by atoms with Crippen LogP contribution in [0.1, 0.15) is 40.5 Å². The van der Waals surface area contributed by atoms with E-state index in [1.54, 1.807) is 6.07 Å². The summed E-state index contributed by atoms with van der Waals surface area (Å²) in [4.78, 5) is 65.4. The number of nitrogens with one attached hydrogen (secondary N) is 1. The molecule has 0 saturated carbocycles. The summed E-state index contributed by atoms with van der Waals surface area (Å²) in [5.74, 6) is -2.64. The van der Waals surface area contributed by atoms with E-state index in [0.717, 1.165) is 11.3 Å². The summed E-state index contributed by atoms with van der Waals surface area (Å²) in [6.45, 7) is 1.36. The molecule has 3 N–H and O–H groups in total. The molecule has 0 aliphatic heterocycles. The molecule has 0 spiro atoms. The number of aromatic amines is 1. The van der Waals surface area contributed by atoms with Gasteiger partial charge in [0.2, 0.25) is 0 Å². The number of aromatic nitrogens is 2. The van der Waals surface area contributed by atoms with Crippen LogP contribution in [0, 0.1) is 0 Å². The third-order valence-electron chi connectivity index (χ3n) is 4.92. The summed E-state index contributed by atoms with van der Waals surface area (Å²) in [7, 11) is 2.58. The predicted molar refractivity (Wildman–Crippen MR) is 123 cm³/mol. The van der Waals surface area contributed by atoms with Crippen molar-refractivity contribution in [3.63, 3.8) is 0 Å². The number of rotatable bonds is 11. The van der Waals surface area contributed by atoms with E-state index in [0.29, 0.717) is 6.42 Å². The first-order valence-corrected chi connectivity index (χ1v) is 10.5. The maximum atomic E-state index is 13.0. The lowest BCUT2D eigenvalue weighted by Crippen LogP contribution is -2.44. The van der Waals surface area contributed by atoms with Crippen LogP contribution in [0.3, 0.4) is 0 Å². The highest BCUT2D eigenvalue weighted by molar-refractivity contribution is 6.04. The number of methoxy groups -OCH3 is 2. The fourth-order valence-electron chi connectivity index (χ4n) is 3.15. The number of H-pyrrole nitrogens is 1. The third kappa shape index (κ3) is 6.10. The molecule has 0 fully saturated rings. The monoisotopic (exact) mass is 476 g/mol. The van der Waals surface area contributed by atoms with Gasteiger partial charge in [0.05, 0.1) is 24.8 Å². The summed E-state index contributed by atoms with van der Waals surface area (Å²) in [6.07, 6.45) is 1.40. The van der Waals surface area contributed by atoms with Crippen LogP contribution in [-0.4, -0.2) is 61.4 Å². The lowest BCUT2D eigenvalue weighted by Gasteiger charge is -2.24. The Bertz CT molecular complexity index is 1150. The Labute approximate surface area is 195 Å². The van der Waals surface area contributed by atoms with Gasteiger partial charge in [-0.25, -0.2) is 14.4 Å². The van der Waals surface area contributed by atoms with E-state index in [4.69, 9.17) is 15.2 Å². The number of unbranched alkanes of at least 4 members (excludes halogenated alkanes) is 1. The van der Waals surface area contributed by atoms with Gasteiger partial charge < -0.3 is 19.9 Å². The van der Waals surface area contributed by atoms with E-state index in [1.807, 2.05) is 6.92 Å². The Kier molecular flexibility index (Phi) is 9.56. The molecule has 2 rings (SSSR count). The summed E-state index contributed by atoms with van der Waals surface area (Å²) in [5.41, 5.74) is 4.19. The van der Waals surface area contributed by atoms with Crippen molar-refractivity contribution in [2.75, 3.05) is 44.6 Å². The first kappa shape index (κ1) is 26.3. The van der Waals surface area contributed by atoms with Crippen LogP contribution in [0.4, 0.5) is 11.5 Å². The van der Waals surface area contributed by atoms with Crippen LogP contribution in [0.2, 0.25) is 0 Å². The maximum Gasteiger partial charge on any atom is 0.339 e. The first-order valence-electron chi connectivity index (χ1n) is 10.5. The minimum atomic E-state index is -0.934. The number of carbonyl (C=O) groups excluding carboxylic acids is 3. The van der Waals surface area contributed by atoms with Crippen molar-refractivity contribution in [1.82, 2.24) is 9.55 Å². The largest absolute Gasteiger partial charge is 0.465 e. The molecule has 12 heteroatoms. The zero-order valence-electron chi connectivity index (χ0n) is 19.3. The number of hydrogen-bond donors (Lipinski definition) is 2. The minimum absolute atomic E-state index is 0.0256. The first-order chi connectivity index (χ1) is 16.3. The van der Waals surface area contributed by atoms with Gasteiger partial charge in [-0.2, -0.15) is 0 Å². The van der Waals surface area contributed by atoms with Gasteiger partial charge in [0.25, 0.3) is 11.5 Å². The van der Waals surface area contributed by atoms with Crippen LogP contribution in [0.5, 0.6) is 0 Å². The summed E-state index contributed by atoms with van der Waals surface area (Å²) in [6, 6.07) is 5.81. The van der Waals surface area contributed by atoms with Crippen molar-refractivity contribution in [2.24, 2.45) is 0 Å². The number of hydrogen-bond acceptors (Lipinski definition) is 9. The second kappa shape index (κ2) is 12.3. The number of ether oxygens (including phenoxy) is 3. The number of anilines is 2. The third-order valence-corrected chi connectivity index (χ3v) is 4.92. The van der Waals surface area contributed by atoms with Crippen LogP contribution < -0.4 is 21.9 Å².